The van der Waals surface area contributed by atoms with Crippen LogP contribution in [0.25, 0.3) is 5.69 Å². The summed E-state index contributed by atoms with van der Waals surface area (Å²) in [7, 11) is 1.55. The van der Waals surface area contributed by atoms with Crippen molar-refractivity contribution in [2.24, 2.45) is 0 Å². The molecule has 0 saturated carbocycles. The number of rotatable bonds is 7. The number of methoxy groups -OCH3 is 1. The third-order valence-electron chi connectivity index (χ3n) is 4.53. The van der Waals surface area contributed by atoms with E-state index in [0.29, 0.717) is 33.1 Å². The Balaban J connectivity index is 1.68. The van der Waals surface area contributed by atoms with E-state index < -0.39 is 5.91 Å². The second-order valence-corrected chi connectivity index (χ2v) is 8.13. The number of benzene rings is 2. The third kappa shape index (κ3) is 4.90. The predicted molar refractivity (Wildman–Crippen MR) is 124 cm³/mol. The molecular formula is C22H19ClN6O2S. The van der Waals surface area contributed by atoms with Gasteiger partial charge in [-0.25, -0.2) is 14.6 Å². The largest absolute Gasteiger partial charge is 0.495 e. The zero-order valence-electron chi connectivity index (χ0n) is 17.3. The molecule has 2 aromatic carbocycles. The van der Waals surface area contributed by atoms with Gasteiger partial charge < -0.3 is 10.1 Å². The third-order valence-corrected chi connectivity index (χ3v) is 5.67. The molecule has 1 amide bonds. The summed E-state index contributed by atoms with van der Waals surface area (Å²) in [6.07, 6.45) is 3.34. The highest BCUT2D eigenvalue weighted by Gasteiger charge is 2.22. The zero-order valence-corrected chi connectivity index (χ0v) is 18.9. The van der Waals surface area contributed by atoms with Crippen LogP contribution in [-0.4, -0.2) is 38.0 Å². The quantitative estimate of drug-likeness (QED) is 0.315. The van der Waals surface area contributed by atoms with Crippen molar-refractivity contribution in [1.29, 1.82) is 0 Å². The Morgan fingerprint density at radius 3 is 2.62 bits per heavy atom. The summed E-state index contributed by atoms with van der Waals surface area (Å²) in [5.74, 6) is 0.550. The Morgan fingerprint density at radius 1 is 1.16 bits per heavy atom. The van der Waals surface area contributed by atoms with Crippen LogP contribution < -0.4 is 10.1 Å². The molecule has 0 spiro atoms. The van der Waals surface area contributed by atoms with Crippen molar-refractivity contribution in [2.75, 3.05) is 12.4 Å². The maximum Gasteiger partial charge on any atom is 0.278 e. The minimum absolute atomic E-state index is 0.201. The molecule has 2 aromatic heterocycles. The molecule has 0 fully saturated rings. The Kier molecular flexibility index (Phi) is 6.67. The number of carbonyl (C=O) groups is 1. The van der Waals surface area contributed by atoms with Gasteiger partial charge in [0, 0.05) is 23.2 Å². The topological polar surface area (TPSA) is 94.8 Å². The maximum absolute atomic E-state index is 13.2. The Bertz CT molecular complexity index is 1230. The molecule has 0 aliphatic heterocycles. The van der Waals surface area contributed by atoms with E-state index in [1.165, 1.54) is 11.8 Å². The Morgan fingerprint density at radius 2 is 1.91 bits per heavy atom. The molecule has 0 unspecified atom stereocenters. The Labute approximate surface area is 194 Å². The first-order valence-electron chi connectivity index (χ1n) is 9.61. The molecule has 0 atom stereocenters. The van der Waals surface area contributed by atoms with Gasteiger partial charge in [-0.3, -0.25) is 4.79 Å². The number of halogens is 1. The first kappa shape index (κ1) is 21.8. The van der Waals surface area contributed by atoms with Crippen LogP contribution >= 0.6 is 23.4 Å². The van der Waals surface area contributed by atoms with E-state index in [1.54, 1.807) is 48.5 Å². The molecule has 4 aromatic rings. The van der Waals surface area contributed by atoms with Crippen LogP contribution in [0.2, 0.25) is 5.02 Å². The number of hydrogen-bond donors (Lipinski definition) is 1. The Hall–Kier alpha value is -3.43. The summed E-state index contributed by atoms with van der Waals surface area (Å²) < 4.78 is 6.99. The van der Waals surface area contributed by atoms with Crippen LogP contribution in [0.5, 0.6) is 5.75 Å². The van der Waals surface area contributed by atoms with Gasteiger partial charge in [0.1, 0.15) is 5.75 Å². The molecule has 0 aliphatic rings. The highest BCUT2D eigenvalue weighted by atomic mass is 35.5. The van der Waals surface area contributed by atoms with E-state index in [0.717, 1.165) is 11.3 Å². The van der Waals surface area contributed by atoms with E-state index in [9.17, 15) is 4.79 Å². The van der Waals surface area contributed by atoms with E-state index in [4.69, 9.17) is 16.3 Å². The lowest BCUT2D eigenvalue weighted by Gasteiger charge is -2.11. The molecule has 1 N–H and O–H groups in total. The SMILES string of the molecule is COc1ccc(C)cc1NC(=O)c1nnn(-c2ccc(Cl)cc2)c1CSc1ncccn1. The van der Waals surface area contributed by atoms with Crippen LogP contribution in [0.4, 0.5) is 5.69 Å². The maximum atomic E-state index is 13.2. The zero-order chi connectivity index (χ0) is 22.5. The summed E-state index contributed by atoms with van der Waals surface area (Å²) in [5.41, 5.74) is 3.09. The smallest absolute Gasteiger partial charge is 0.278 e. The molecule has 2 heterocycles. The first-order valence-corrected chi connectivity index (χ1v) is 11.0. The minimum atomic E-state index is -0.390. The van der Waals surface area contributed by atoms with Crippen LogP contribution in [0.15, 0.2) is 66.1 Å². The summed E-state index contributed by atoms with van der Waals surface area (Å²) in [4.78, 5) is 21.6. The monoisotopic (exact) mass is 466 g/mol. The number of ether oxygens (including phenoxy) is 1. The number of aromatic nitrogens is 5. The van der Waals surface area contributed by atoms with Crippen molar-refractivity contribution in [3.63, 3.8) is 0 Å². The van der Waals surface area contributed by atoms with Crippen LogP contribution in [-0.2, 0) is 5.75 Å². The van der Waals surface area contributed by atoms with Gasteiger partial charge in [-0.05, 0) is 55.0 Å². The van der Waals surface area contributed by atoms with E-state index >= 15 is 0 Å². The van der Waals surface area contributed by atoms with Crippen molar-refractivity contribution in [3.8, 4) is 11.4 Å². The van der Waals surface area contributed by atoms with E-state index in [2.05, 4.69) is 25.6 Å². The molecule has 10 heteroatoms. The standard InChI is InChI=1S/C22H19ClN6O2S/c1-14-4-9-19(31-2)17(12-14)26-21(30)20-18(13-32-22-24-10-3-11-25-22)29(28-27-20)16-7-5-15(23)6-8-16/h3-12H,13H2,1-2H3,(H,26,30). The van der Waals surface area contributed by atoms with Crippen molar-refractivity contribution in [2.45, 2.75) is 17.8 Å². The van der Waals surface area contributed by atoms with Gasteiger partial charge >= 0.3 is 0 Å². The van der Waals surface area contributed by atoms with Gasteiger partial charge in [-0.1, -0.05) is 34.6 Å². The highest BCUT2D eigenvalue weighted by Crippen LogP contribution is 2.27. The summed E-state index contributed by atoms with van der Waals surface area (Å²) in [6, 6.07) is 14.4. The summed E-state index contributed by atoms with van der Waals surface area (Å²) >= 11 is 7.41. The predicted octanol–water partition coefficient (Wildman–Crippen LogP) is 4.57. The van der Waals surface area contributed by atoms with Crippen LogP contribution in [0.1, 0.15) is 21.7 Å². The van der Waals surface area contributed by atoms with Gasteiger partial charge in [0.25, 0.3) is 5.91 Å². The number of anilines is 1. The highest BCUT2D eigenvalue weighted by molar-refractivity contribution is 7.98. The van der Waals surface area contributed by atoms with E-state index in [-0.39, 0.29) is 5.69 Å². The van der Waals surface area contributed by atoms with Crippen molar-refractivity contribution >= 4 is 35.0 Å². The molecule has 0 bridgehead atoms. The average molecular weight is 467 g/mol. The number of aryl methyl sites for hydroxylation is 1. The minimum Gasteiger partial charge on any atom is -0.495 e. The lowest BCUT2D eigenvalue weighted by atomic mass is 10.2. The molecule has 0 aliphatic carbocycles. The number of nitrogens with zero attached hydrogens (tertiary/aromatic N) is 5. The number of hydrogen-bond acceptors (Lipinski definition) is 7. The van der Waals surface area contributed by atoms with Gasteiger partial charge in [-0.15, -0.1) is 5.10 Å². The summed E-state index contributed by atoms with van der Waals surface area (Å²) in [5, 5.41) is 12.5. The van der Waals surface area contributed by atoms with E-state index in [1.807, 2.05) is 31.2 Å². The lowest BCUT2D eigenvalue weighted by molar-refractivity contribution is 0.102. The number of nitrogens with one attached hydrogen (secondary N) is 1. The van der Waals surface area contributed by atoms with Gasteiger partial charge in [0.2, 0.25) is 0 Å². The molecule has 4 rings (SSSR count). The van der Waals surface area contributed by atoms with Gasteiger partial charge in [-0.2, -0.15) is 0 Å². The molecule has 0 radical (unpaired) electrons. The van der Waals surface area contributed by atoms with Gasteiger partial charge in [0.15, 0.2) is 10.9 Å². The molecular weight excluding hydrogens is 448 g/mol. The average Bonchev–Trinajstić information content (AvgIpc) is 3.23. The fourth-order valence-electron chi connectivity index (χ4n) is 2.99. The fraction of sp³-hybridized carbons (Fsp3) is 0.136. The number of amides is 1. The van der Waals surface area contributed by atoms with Crippen molar-refractivity contribution in [3.05, 3.63) is 82.9 Å². The second-order valence-electron chi connectivity index (χ2n) is 6.75. The lowest BCUT2D eigenvalue weighted by Crippen LogP contribution is -2.16. The molecule has 162 valence electrons. The van der Waals surface area contributed by atoms with Gasteiger partial charge in [0.05, 0.1) is 24.2 Å². The fourth-order valence-corrected chi connectivity index (χ4v) is 3.91. The molecule has 0 saturated heterocycles. The summed E-state index contributed by atoms with van der Waals surface area (Å²) in [6.45, 7) is 1.94. The molecule has 8 nitrogen and oxygen atoms in total. The number of carbonyl (C=O) groups excluding carboxylic acids is 1. The second kappa shape index (κ2) is 9.80. The van der Waals surface area contributed by atoms with Crippen LogP contribution in [0, 0.1) is 6.92 Å². The van der Waals surface area contributed by atoms with Crippen LogP contribution in [0.3, 0.4) is 0 Å². The normalized spacial score (nSPS) is 10.7. The molecule has 32 heavy (non-hydrogen) atoms. The van der Waals surface area contributed by atoms with Crippen molar-refractivity contribution < 1.29 is 9.53 Å². The van der Waals surface area contributed by atoms with Crippen molar-refractivity contribution in [1.82, 2.24) is 25.0 Å². The number of thioether (sulfide) groups is 1. The first-order chi connectivity index (χ1) is 15.5.